The van der Waals surface area contributed by atoms with E-state index in [1.54, 1.807) is 11.0 Å². The van der Waals surface area contributed by atoms with Crippen molar-refractivity contribution in [3.63, 3.8) is 0 Å². The van der Waals surface area contributed by atoms with E-state index in [0.717, 1.165) is 17.3 Å². The molecule has 0 spiro atoms. The van der Waals surface area contributed by atoms with Gasteiger partial charge < -0.3 is 5.32 Å². The summed E-state index contributed by atoms with van der Waals surface area (Å²) in [5.74, 6) is 0.921. The summed E-state index contributed by atoms with van der Waals surface area (Å²) in [7, 11) is 0. The van der Waals surface area contributed by atoms with Gasteiger partial charge in [-0.3, -0.25) is 0 Å². The van der Waals surface area contributed by atoms with E-state index in [2.05, 4.69) is 39.9 Å². The second-order valence-corrected chi connectivity index (χ2v) is 5.93. The van der Waals surface area contributed by atoms with Crippen LogP contribution in [0.3, 0.4) is 0 Å². The number of benzene rings is 1. The molecule has 0 amide bonds. The summed E-state index contributed by atoms with van der Waals surface area (Å²) in [5.41, 5.74) is 2.15. The molecule has 21 heavy (non-hydrogen) atoms. The second-order valence-electron chi connectivity index (χ2n) is 5.93. The lowest BCUT2D eigenvalue weighted by molar-refractivity contribution is 0.444. The van der Waals surface area contributed by atoms with E-state index in [-0.39, 0.29) is 0 Å². The minimum Gasteiger partial charge on any atom is -0.382 e. The van der Waals surface area contributed by atoms with Crippen LogP contribution in [0.15, 0.2) is 30.6 Å². The van der Waals surface area contributed by atoms with Gasteiger partial charge in [0.15, 0.2) is 0 Å². The highest BCUT2D eigenvalue weighted by Gasteiger charge is 2.17. The Labute approximate surface area is 125 Å². The molecular weight excluding hydrogens is 262 g/mol. The van der Waals surface area contributed by atoms with Crippen molar-refractivity contribution in [1.29, 1.82) is 0 Å². The Balaban J connectivity index is 1.66. The number of nitrogens with one attached hydrogen (secondary N) is 1. The number of aromatic nitrogens is 4. The lowest BCUT2D eigenvalue weighted by atomic mass is 9.98. The molecule has 0 aliphatic heterocycles. The fourth-order valence-electron chi connectivity index (χ4n) is 3.18. The number of hydrogen-bond donors (Lipinski definition) is 1. The highest BCUT2D eigenvalue weighted by Crippen LogP contribution is 2.27. The van der Waals surface area contributed by atoms with Crippen LogP contribution in [-0.4, -0.2) is 26.2 Å². The maximum atomic E-state index is 3.94. The Kier molecular flexibility index (Phi) is 4.48. The fraction of sp³-hybridized carbons (Fsp3) is 0.562. The normalized spacial score (nSPS) is 22.7. The monoisotopic (exact) mass is 285 g/mol. The summed E-state index contributed by atoms with van der Waals surface area (Å²) < 4.78 is 1.69. The van der Waals surface area contributed by atoms with Crippen molar-refractivity contribution in [2.45, 2.75) is 51.5 Å². The summed E-state index contributed by atoms with van der Waals surface area (Å²) in [6.45, 7) is 2.31. The third-order valence-corrected chi connectivity index (χ3v) is 4.50. The minimum atomic E-state index is 0.589. The van der Waals surface area contributed by atoms with Crippen LogP contribution in [-0.2, 0) is 0 Å². The number of anilines is 1. The molecule has 0 saturated heterocycles. The van der Waals surface area contributed by atoms with Gasteiger partial charge in [0.05, 0.1) is 5.69 Å². The molecule has 0 radical (unpaired) electrons. The number of hydrogen-bond acceptors (Lipinski definition) is 4. The molecule has 1 N–H and O–H groups in total. The molecule has 1 aliphatic carbocycles. The summed E-state index contributed by atoms with van der Waals surface area (Å²) >= 11 is 0. The van der Waals surface area contributed by atoms with Crippen LogP contribution >= 0.6 is 0 Å². The number of rotatable bonds is 4. The molecular formula is C16H23N5. The fourth-order valence-corrected chi connectivity index (χ4v) is 3.18. The van der Waals surface area contributed by atoms with Gasteiger partial charge in [-0.15, -0.1) is 5.10 Å². The third kappa shape index (κ3) is 3.60. The first-order chi connectivity index (χ1) is 10.3. The molecule has 5 heteroatoms. The Morgan fingerprint density at radius 1 is 1.24 bits per heavy atom. The van der Waals surface area contributed by atoms with Gasteiger partial charge in [0.1, 0.15) is 6.33 Å². The molecule has 3 rings (SSSR count). The maximum Gasteiger partial charge on any atom is 0.143 e. The topological polar surface area (TPSA) is 55.6 Å². The summed E-state index contributed by atoms with van der Waals surface area (Å²) in [4.78, 5) is 0. The van der Waals surface area contributed by atoms with Crippen LogP contribution in [0, 0.1) is 5.92 Å². The lowest BCUT2D eigenvalue weighted by Crippen LogP contribution is -2.18. The van der Waals surface area contributed by atoms with E-state index in [4.69, 9.17) is 0 Å². The molecule has 5 nitrogen and oxygen atoms in total. The van der Waals surface area contributed by atoms with Gasteiger partial charge in [-0.25, -0.2) is 4.68 Å². The van der Waals surface area contributed by atoms with Crippen molar-refractivity contribution in [1.82, 2.24) is 20.2 Å². The first kappa shape index (κ1) is 14.0. The molecule has 1 aromatic carbocycles. The van der Waals surface area contributed by atoms with Gasteiger partial charge in [0, 0.05) is 11.7 Å². The maximum absolute atomic E-state index is 3.94. The highest BCUT2D eigenvalue weighted by molar-refractivity contribution is 5.51. The van der Waals surface area contributed by atoms with Crippen molar-refractivity contribution >= 4 is 5.69 Å². The van der Waals surface area contributed by atoms with Crippen LogP contribution in [0.4, 0.5) is 5.69 Å². The van der Waals surface area contributed by atoms with Crippen LogP contribution in [0.2, 0.25) is 0 Å². The Bertz CT molecular complexity index is 552. The van der Waals surface area contributed by atoms with Gasteiger partial charge in [-0.1, -0.05) is 32.3 Å². The largest absolute Gasteiger partial charge is 0.382 e. The van der Waals surface area contributed by atoms with Gasteiger partial charge in [-0.05, 0) is 53.8 Å². The SMILES string of the molecule is CCC1CCCC(Nc2cccc(-n3cnnn3)c2)CC1. The van der Waals surface area contributed by atoms with Crippen molar-refractivity contribution in [3.8, 4) is 5.69 Å². The van der Waals surface area contributed by atoms with Crippen molar-refractivity contribution in [2.24, 2.45) is 5.92 Å². The minimum absolute atomic E-state index is 0.589. The summed E-state index contributed by atoms with van der Waals surface area (Å²) in [5, 5.41) is 15.0. The van der Waals surface area contributed by atoms with Gasteiger partial charge in [-0.2, -0.15) is 0 Å². The molecule has 1 aliphatic rings. The van der Waals surface area contributed by atoms with Crippen LogP contribution < -0.4 is 5.32 Å². The Morgan fingerprint density at radius 3 is 3.00 bits per heavy atom. The van der Waals surface area contributed by atoms with Crippen molar-refractivity contribution < 1.29 is 0 Å². The zero-order valence-corrected chi connectivity index (χ0v) is 12.6. The van der Waals surface area contributed by atoms with E-state index in [1.807, 2.05) is 12.1 Å². The van der Waals surface area contributed by atoms with Gasteiger partial charge >= 0.3 is 0 Å². The van der Waals surface area contributed by atoms with E-state index >= 15 is 0 Å². The number of tetrazole rings is 1. The Hall–Kier alpha value is -1.91. The van der Waals surface area contributed by atoms with Crippen molar-refractivity contribution in [2.75, 3.05) is 5.32 Å². The molecule has 112 valence electrons. The predicted molar refractivity (Wildman–Crippen MR) is 83.4 cm³/mol. The number of nitrogens with zero attached hydrogens (tertiary/aromatic N) is 4. The molecule has 2 atom stereocenters. The average molecular weight is 285 g/mol. The molecule has 1 fully saturated rings. The zero-order valence-electron chi connectivity index (χ0n) is 12.6. The second kappa shape index (κ2) is 6.70. The van der Waals surface area contributed by atoms with E-state index in [1.165, 1.54) is 38.5 Å². The van der Waals surface area contributed by atoms with Gasteiger partial charge in [0.25, 0.3) is 0 Å². The van der Waals surface area contributed by atoms with E-state index < -0.39 is 0 Å². The van der Waals surface area contributed by atoms with E-state index in [9.17, 15) is 0 Å². The Morgan fingerprint density at radius 2 is 2.19 bits per heavy atom. The van der Waals surface area contributed by atoms with Crippen LogP contribution in [0.25, 0.3) is 5.69 Å². The van der Waals surface area contributed by atoms with E-state index in [0.29, 0.717) is 6.04 Å². The molecule has 1 heterocycles. The molecule has 2 aromatic rings. The molecule has 0 bridgehead atoms. The third-order valence-electron chi connectivity index (χ3n) is 4.50. The quantitative estimate of drug-likeness (QED) is 0.874. The zero-order chi connectivity index (χ0) is 14.5. The van der Waals surface area contributed by atoms with Crippen LogP contribution in [0.5, 0.6) is 0 Å². The predicted octanol–water partition coefficient (Wildman–Crippen LogP) is 3.43. The molecule has 2 unspecified atom stereocenters. The van der Waals surface area contributed by atoms with Gasteiger partial charge in [0.2, 0.25) is 0 Å². The standard InChI is InChI=1S/C16H23N5/c1-2-13-5-3-6-14(10-9-13)18-15-7-4-8-16(11-15)21-12-17-19-20-21/h4,7-8,11-14,18H,2-3,5-6,9-10H2,1H3. The van der Waals surface area contributed by atoms with Crippen molar-refractivity contribution in [3.05, 3.63) is 30.6 Å². The smallest absolute Gasteiger partial charge is 0.143 e. The molecule has 1 aromatic heterocycles. The summed E-state index contributed by atoms with van der Waals surface area (Å²) in [6, 6.07) is 8.88. The summed E-state index contributed by atoms with van der Waals surface area (Å²) in [6.07, 6.45) is 9.56. The molecule has 1 saturated carbocycles. The first-order valence-electron chi connectivity index (χ1n) is 7.95. The highest BCUT2D eigenvalue weighted by atomic mass is 15.5. The lowest BCUT2D eigenvalue weighted by Gasteiger charge is -2.18. The van der Waals surface area contributed by atoms with Crippen LogP contribution in [0.1, 0.15) is 45.4 Å². The average Bonchev–Trinajstić information content (AvgIpc) is 2.96. The first-order valence-corrected chi connectivity index (χ1v) is 7.95.